The third kappa shape index (κ3) is 4.24. The number of amides is 4. The number of carbonyl (C=O) groups is 4. The normalized spacial score (nSPS) is 22.5. The number of imide groups is 1. The van der Waals surface area contributed by atoms with Crippen molar-refractivity contribution in [1.29, 1.82) is 0 Å². The van der Waals surface area contributed by atoms with E-state index in [-0.39, 0.29) is 17.0 Å². The highest BCUT2D eigenvalue weighted by Crippen LogP contribution is 2.48. The molecule has 0 aliphatic carbocycles. The number of anilines is 2. The van der Waals surface area contributed by atoms with Gasteiger partial charge in [-0.3, -0.25) is 24.1 Å². The Hall–Kier alpha value is -5.09. The molecule has 4 aromatic carbocycles. The number of hydrogen-bond donors (Lipinski definition) is 0. The Bertz CT molecular complexity index is 1740. The molecule has 3 heterocycles. The van der Waals surface area contributed by atoms with Crippen molar-refractivity contribution in [1.82, 2.24) is 4.90 Å². The number of nitrogens with zero attached hydrogens (tertiary/aromatic N) is 3. The van der Waals surface area contributed by atoms with Crippen LogP contribution in [-0.2, 0) is 9.59 Å². The average molecular weight is 606 g/mol. The summed E-state index contributed by atoms with van der Waals surface area (Å²) >= 11 is 1.41. The largest absolute Gasteiger partial charge is 0.497 e. The molecule has 0 N–H and O–H groups in total. The first kappa shape index (κ1) is 27.7. The van der Waals surface area contributed by atoms with Crippen molar-refractivity contribution in [2.45, 2.75) is 28.3 Å². The number of hydrogen-bond acceptors (Lipinski definition) is 7. The summed E-state index contributed by atoms with van der Waals surface area (Å²) in [7, 11) is 3.13. The minimum Gasteiger partial charge on any atom is -0.497 e. The maximum Gasteiger partial charge on any atom is 0.262 e. The van der Waals surface area contributed by atoms with Crippen LogP contribution in [0.25, 0.3) is 0 Å². The average Bonchev–Trinajstić information content (AvgIpc) is 3.31. The predicted molar refractivity (Wildman–Crippen MR) is 165 cm³/mol. The molecule has 44 heavy (non-hydrogen) atoms. The number of thioether (sulfide) groups is 1. The minimum atomic E-state index is -1.11. The molecule has 3 aliphatic rings. The zero-order chi connectivity index (χ0) is 30.5. The molecule has 0 aromatic heterocycles. The topological polar surface area (TPSA) is 96.5 Å². The molecule has 10 heteroatoms. The Morgan fingerprint density at radius 1 is 0.545 bits per heavy atom. The molecular weight excluding hydrogens is 578 g/mol. The van der Waals surface area contributed by atoms with Gasteiger partial charge in [0.2, 0.25) is 5.91 Å². The van der Waals surface area contributed by atoms with E-state index in [1.165, 1.54) is 11.8 Å². The summed E-state index contributed by atoms with van der Waals surface area (Å²) in [6.45, 7) is 0. The van der Waals surface area contributed by atoms with Gasteiger partial charge in [0.25, 0.3) is 17.7 Å². The highest BCUT2D eigenvalue weighted by molar-refractivity contribution is 8.00. The molecule has 2 saturated heterocycles. The minimum absolute atomic E-state index is 0.135. The maximum absolute atomic E-state index is 14.1. The van der Waals surface area contributed by atoms with E-state index < -0.39 is 41.1 Å². The summed E-state index contributed by atoms with van der Waals surface area (Å²) in [5, 5.41) is -0.587. The van der Waals surface area contributed by atoms with Gasteiger partial charge in [0.1, 0.15) is 22.8 Å². The lowest BCUT2D eigenvalue weighted by atomic mass is 9.79. The maximum atomic E-state index is 14.1. The quantitative estimate of drug-likeness (QED) is 0.213. The van der Waals surface area contributed by atoms with Crippen LogP contribution in [0.3, 0.4) is 0 Å². The zero-order valence-electron chi connectivity index (χ0n) is 23.8. The monoisotopic (exact) mass is 605 g/mol. The molecule has 0 spiro atoms. The van der Waals surface area contributed by atoms with Gasteiger partial charge in [-0.15, -0.1) is 11.8 Å². The van der Waals surface area contributed by atoms with Gasteiger partial charge in [0, 0.05) is 16.3 Å². The molecular formula is C34H27N3O6S. The predicted octanol–water partition coefficient (Wildman–Crippen LogP) is 4.66. The Kier molecular flexibility index (Phi) is 6.85. The van der Waals surface area contributed by atoms with Gasteiger partial charge in [-0.05, 0) is 72.8 Å². The van der Waals surface area contributed by atoms with E-state index in [1.54, 1.807) is 96.8 Å². The number of fused-ring (bicyclic) bond motifs is 1. The van der Waals surface area contributed by atoms with Crippen molar-refractivity contribution in [3.05, 3.63) is 114 Å². The highest BCUT2D eigenvalue weighted by Gasteiger charge is 2.66. The number of methoxy groups -OCH3 is 2. The molecule has 0 bridgehead atoms. The summed E-state index contributed by atoms with van der Waals surface area (Å²) in [4.78, 5) is 60.6. The highest BCUT2D eigenvalue weighted by atomic mass is 32.2. The van der Waals surface area contributed by atoms with Gasteiger partial charge in [0.05, 0.1) is 37.4 Å². The molecule has 220 valence electrons. The van der Waals surface area contributed by atoms with E-state index in [0.717, 1.165) is 9.80 Å². The van der Waals surface area contributed by atoms with E-state index in [9.17, 15) is 19.2 Å². The number of ether oxygens (including phenoxy) is 2. The first-order chi connectivity index (χ1) is 21.4. The summed E-state index contributed by atoms with van der Waals surface area (Å²) in [6.07, 6.45) is 0. The molecule has 2 fully saturated rings. The second-order valence-electron chi connectivity index (χ2n) is 10.6. The Morgan fingerprint density at radius 2 is 1.02 bits per heavy atom. The van der Waals surface area contributed by atoms with Gasteiger partial charge in [-0.25, -0.2) is 0 Å². The van der Waals surface area contributed by atoms with Crippen molar-refractivity contribution in [3.63, 3.8) is 0 Å². The van der Waals surface area contributed by atoms with E-state index in [4.69, 9.17) is 9.47 Å². The van der Waals surface area contributed by atoms with Gasteiger partial charge in [0.15, 0.2) is 0 Å². The van der Waals surface area contributed by atoms with Crippen LogP contribution >= 0.6 is 11.8 Å². The number of rotatable bonds is 8. The zero-order valence-corrected chi connectivity index (χ0v) is 24.6. The Labute approximate surface area is 258 Å². The standard InChI is InChI=1S/C34H27N3O6S/c1-42-22-16-12-20(13-17-22)35-27(29(33(35)40)37-31(38)25-10-6-7-11-26(25)32(37)39)28-30(44-24-8-4-3-5-9-24)34(41)36(28)21-14-18-23(43-2)19-15-21/h3-19,27-30H,1-2H3/t27-,28-,29+,30+/m1/s1. The Morgan fingerprint density at radius 3 is 1.52 bits per heavy atom. The fourth-order valence-corrected chi connectivity index (χ4v) is 7.47. The molecule has 9 nitrogen and oxygen atoms in total. The summed E-state index contributed by atoms with van der Waals surface area (Å²) in [6, 6.07) is 27.9. The van der Waals surface area contributed by atoms with Crippen LogP contribution in [0.15, 0.2) is 108 Å². The van der Waals surface area contributed by atoms with E-state index in [2.05, 4.69) is 0 Å². The van der Waals surface area contributed by atoms with E-state index in [1.807, 2.05) is 30.3 Å². The summed E-state index contributed by atoms with van der Waals surface area (Å²) in [5.41, 5.74) is 1.73. The van der Waals surface area contributed by atoms with Crippen LogP contribution in [-0.4, -0.2) is 66.1 Å². The van der Waals surface area contributed by atoms with Crippen LogP contribution in [0.2, 0.25) is 0 Å². The number of benzene rings is 4. The van der Waals surface area contributed by atoms with Gasteiger partial charge < -0.3 is 19.3 Å². The molecule has 4 amide bonds. The second kappa shape index (κ2) is 10.9. The molecule has 7 rings (SSSR count). The molecule has 4 aromatic rings. The number of β-lactam (4-membered cyclic amide) rings is 2. The lowest BCUT2D eigenvalue weighted by Gasteiger charge is -2.59. The van der Waals surface area contributed by atoms with Crippen molar-refractivity contribution in [2.24, 2.45) is 0 Å². The van der Waals surface area contributed by atoms with Crippen LogP contribution in [0.1, 0.15) is 20.7 Å². The van der Waals surface area contributed by atoms with Gasteiger partial charge in [-0.1, -0.05) is 30.3 Å². The first-order valence-corrected chi connectivity index (χ1v) is 14.9. The van der Waals surface area contributed by atoms with E-state index in [0.29, 0.717) is 22.9 Å². The summed E-state index contributed by atoms with van der Waals surface area (Å²) in [5.74, 6) is -0.312. The fourth-order valence-electron chi connectivity index (χ4n) is 6.22. The molecule has 4 atom stereocenters. The van der Waals surface area contributed by atoms with Crippen molar-refractivity contribution in [3.8, 4) is 11.5 Å². The molecule has 0 saturated carbocycles. The number of carbonyl (C=O) groups excluding carboxylic acids is 4. The smallest absolute Gasteiger partial charge is 0.262 e. The van der Waals surface area contributed by atoms with Crippen molar-refractivity contribution in [2.75, 3.05) is 24.0 Å². The van der Waals surface area contributed by atoms with Gasteiger partial charge in [-0.2, -0.15) is 0 Å². The fraction of sp³-hybridized carbons (Fsp3) is 0.176. The third-order valence-corrected chi connectivity index (χ3v) is 9.64. The van der Waals surface area contributed by atoms with E-state index >= 15 is 0 Å². The summed E-state index contributed by atoms with van der Waals surface area (Å²) < 4.78 is 10.7. The Balaban J connectivity index is 1.34. The van der Waals surface area contributed by atoms with Crippen LogP contribution in [0.4, 0.5) is 11.4 Å². The molecule has 0 radical (unpaired) electrons. The van der Waals surface area contributed by atoms with Crippen LogP contribution < -0.4 is 19.3 Å². The first-order valence-electron chi connectivity index (χ1n) is 14.1. The molecule has 0 unspecified atom stereocenters. The third-order valence-electron chi connectivity index (χ3n) is 8.36. The lowest BCUT2D eigenvalue weighted by molar-refractivity contribution is -0.134. The van der Waals surface area contributed by atoms with Crippen molar-refractivity contribution >= 4 is 46.8 Å². The van der Waals surface area contributed by atoms with Crippen molar-refractivity contribution < 1.29 is 28.7 Å². The second-order valence-corrected chi connectivity index (χ2v) is 11.8. The van der Waals surface area contributed by atoms with Crippen LogP contribution in [0.5, 0.6) is 11.5 Å². The lowest BCUT2D eigenvalue weighted by Crippen LogP contribution is -2.83. The SMILES string of the molecule is COc1ccc(N2C(=O)[C@@H](Sc3ccccc3)[C@H]2[C@@H]2[C@H](N3C(=O)c4ccccc4C3=O)C(=O)N2c2ccc(OC)cc2)cc1. The molecule has 3 aliphatic heterocycles. The van der Waals surface area contributed by atoms with Gasteiger partial charge >= 0.3 is 0 Å². The van der Waals surface area contributed by atoms with Crippen LogP contribution in [0, 0.1) is 0 Å².